The zero-order chi connectivity index (χ0) is 17.7. The van der Waals surface area contributed by atoms with Gasteiger partial charge in [0.25, 0.3) is 0 Å². The fourth-order valence-electron chi connectivity index (χ4n) is 2.47. The van der Waals surface area contributed by atoms with Gasteiger partial charge in [-0.25, -0.2) is 0 Å². The van der Waals surface area contributed by atoms with Crippen molar-refractivity contribution in [1.29, 1.82) is 0 Å². The van der Waals surface area contributed by atoms with E-state index in [0.717, 1.165) is 5.56 Å². The van der Waals surface area contributed by atoms with Gasteiger partial charge in [0.1, 0.15) is 0 Å². The molecule has 2 aromatic rings. The number of carbonyl (C=O) groups is 2. The van der Waals surface area contributed by atoms with Gasteiger partial charge >= 0.3 is 0 Å². The Morgan fingerprint density at radius 1 is 1.00 bits per heavy atom. The van der Waals surface area contributed by atoms with Crippen molar-refractivity contribution in [3.8, 4) is 0 Å². The summed E-state index contributed by atoms with van der Waals surface area (Å²) >= 11 is 0. The smallest absolute Gasteiger partial charge is 0.224 e. The molecule has 0 saturated heterocycles. The van der Waals surface area contributed by atoms with Gasteiger partial charge in [-0.05, 0) is 42.0 Å². The topological polar surface area (TPSA) is 46.2 Å². The zero-order valence-electron chi connectivity index (χ0n) is 14.8. The Bertz CT molecular complexity index is 724. The third-order valence-corrected chi connectivity index (χ3v) is 4.01. The third-order valence-electron chi connectivity index (χ3n) is 4.01. The van der Waals surface area contributed by atoms with Crippen LogP contribution in [0.25, 0.3) is 0 Å². The molecule has 0 aliphatic heterocycles. The summed E-state index contributed by atoms with van der Waals surface area (Å²) in [6.45, 7) is 8.07. The summed E-state index contributed by atoms with van der Waals surface area (Å²) in [4.78, 5) is 23.5. The van der Waals surface area contributed by atoms with E-state index in [1.165, 1.54) is 12.5 Å². The minimum Gasteiger partial charge on any atom is -0.326 e. The standard InChI is InChI=1S/C21H25NO2/c1-15(23)17-6-5-7-19(14-17)22-20(24)13-10-16-8-11-18(12-9-16)21(2,3)4/h5-9,11-12,14H,10,13H2,1-4H3,(H,22,24). The second-order valence-corrected chi connectivity index (χ2v) is 7.13. The Labute approximate surface area is 144 Å². The maximum atomic E-state index is 12.1. The van der Waals surface area contributed by atoms with Crippen LogP contribution in [0.4, 0.5) is 5.69 Å². The van der Waals surface area contributed by atoms with Crippen molar-refractivity contribution in [2.24, 2.45) is 0 Å². The summed E-state index contributed by atoms with van der Waals surface area (Å²) in [5.74, 6) is -0.0550. The first kappa shape index (κ1) is 17.9. The SMILES string of the molecule is CC(=O)c1cccc(NC(=O)CCc2ccc(C(C)(C)C)cc2)c1. The van der Waals surface area contributed by atoms with E-state index in [2.05, 4.69) is 50.4 Å². The molecule has 0 aromatic heterocycles. The molecule has 0 bridgehead atoms. The summed E-state index contributed by atoms with van der Waals surface area (Å²) in [5, 5.41) is 2.85. The molecule has 0 fully saturated rings. The number of benzene rings is 2. The molecule has 0 aliphatic rings. The van der Waals surface area contributed by atoms with E-state index in [4.69, 9.17) is 0 Å². The lowest BCUT2D eigenvalue weighted by molar-refractivity contribution is -0.116. The highest BCUT2D eigenvalue weighted by Gasteiger charge is 2.13. The molecule has 3 heteroatoms. The first-order chi connectivity index (χ1) is 11.3. The molecule has 1 N–H and O–H groups in total. The summed E-state index contributed by atoms with van der Waals surface area (Å²) in [7, 11) is 0. The van der Waals surface area contributed by atoms with E-state index in [1.807, 2.05) is 0 Å². The number of rotatable bonds is 5. The highest BCUT2D eigenvalue weighted by Crippen LogP contribution is 2.22. The average molecular weight is 323 g/mol. The van der Waals surface area contributed by atoms with Crippen LogP contribution in [-0.4, -0.2) is 11.7 Å². The molecule has 0 aliphatic carbocycles. The zero-order valence-corrected chi connectivity index (χ0v) is 14.8. The van der Waals surface area contributed by atoms with Crippen molar-refractivity contribution in [3.05, 3.63) is 65.2 Å². The van der Waals surface area contributed by atoms with Crippen molar-refractivity contribution < 1.29 is 9.59 Å². The third kappa shape index (κ3) is 5.05. The Hall–Kier alpha value is -2.42. The molecule has 3 nitrogen and oxygen atoms in total. The van der Waals surface area contributed by atoms with Crippen LogP contribution in [0.5, 0.6) is 0 Å². The van der Waals surface area contributed by atoms with E-state index >= 15 is 0 Å². The van der Waals surface area contributed by atoms with Crippen LogP contribution in [0.2, 0.25) is 0 Å². The second kappa shape index (κ2) is 7.43. The predicted molar refractivity (Wildman–Crippen MR) is 98.5 cm³/mol. The quantitative estimate of drug-likeness (QED) is 0.807. The van der Waals surface area contributed by atoms with E-state index in [0.29, 0.717) is 24.1 Å². The number of aryl methyl sites for hydroxylation is 1. The molecule has 0 heterocycles. The molecule has 2 aromatic carbocycles. The minimum atomic E-state index is -0.0457. The Morgan fingerprint density at radius 2 is 1.67 bits per heavy atom. The van der Waals surface area contributed by atoms with Gasteiger partial charge in [-0.1, -0.05) is 57.2 Å². The number of ketones is 1. The number of Topliss-reactive ketones (excluding diaryl/α,β-unsaturated/α-hetero) is 1. The molecule has 126 valence electrons. The minimum absolute atomic E-state index is 0.00922. The molecule has 0 unspecified atom stereocenters. The highest BCUT2D eigenvalue weighted by atomic mass is 16.1. The molecule has 0 radical (unpaired) electrons. The summed E-state index contributed by atoms with van der Waals surface area (Å²) in [6, 6.07) is 15.5. The van der Waals surface area contributed by atoms with Gasteiger partial charge in [0.2, 0.25) is 5.91 Å². The van der Waals surface area contributed by atoms with Crippen molar-refractivity contribution in [2.45, 2.75) is 46.0 Å². The van der Waals surface area contributed by atoms with Gasteiger partial charge in [0.05, 0.1) is 0 Å². The predicted octanol–water partition coefficient (Wildman–Crippen LogP) is 4.76. The largest absolute Gasteiger partial charge is 0.326 e. The molecule has 2 rings (SSSR count). The van der Waals surface area contributed by atoms with Crippen molar-refractivity contribution in [2.75, 3.05) is 5.32 Å². The van der Waals surface area contributed by atoms with Crippen LogP contribution >= 0.6 is 0 Å². The van der Waals surface area contributed by atoms with Crippen LogP contribution in [0, 0.1) is 0 Å². The van der Waals surface area contributed by atoms with Gasteiger partial charge in [-0.15, -0.1) is 0 Å². The van der Waals surface area contributed by atoms with Crippen molar-refractivity contribution >= 4 is 17.4 Å². The van der Waals surface area contributed by atoms with Gasteiger partial charge in [-0.2, -0.15) is 0 Å². The Morgan fingerprint density at radius 3 is 2.25 bits per heavy atom. The highest BCUT2D eigenvalue weighted by molar-refractivity contribution is 5.97. The van der Waals surface area contributed by atoms with Crippen LogP contribution in [0.1, 0.15) is 55.6 Å². The van der Waals surface area contributed by atoms with Crippen LogP contribution < -0.4 is 5.32 Å². The number of nitrogens with one attached hydrogen (secondary N) is 1. The Kier molecular flexibility index (Phi) is 5.55. The average Bonchev–Trinajstić information content (AvgIpc) is 2.53. The first-order valence-corrected chi connectivity index (χ1v) is 8.26. The monoisotopic (exact) mass is 323 g/mol. The lowest BCUT2D eigenvalue weighted by Crippen LogP contribution is -2.13. The van der Waals surface area contributed by atoms with Gasteiger partial charge in [0, 0.05) is 17.7 Å². The lowest BCUT2D eigenvalue weighted by atomic mass is 9.86. The molecule has 0 atom stereocenters. The van der Waals surface area contributed by atoms with E-state index in [-0.39, 0.29) is 17.1 Å². The van der Waals surface area contributed by atoms with Crippen LogP contribution in [-0.2, 0) is 16.6 Å². The number of hydrogen-bond acceptors (Lipinski definition) is 2. The Balaban J connectivity index is 1.91. The fourth-order valence-corrected chi connectivity index (χ4v) is 2.47. The number of amides is 1. The van der Waals surface area contributed by atoms with Crippen molar-refractivity contribution in [1.82, 2.24) is 0 Å². The maximum Gasteiger partial charge on any atom is 0.224 e. The molecular weight excluding hydrogens is 298 g/mol. The van der Waals surface area contributed by atoms with Crippen molar-refractivity contribution in [3.63, 3.8) is 0 Å². The molecule has 0 spiro atoms. The summed E-state index contributed by atoms with van der Waals surface area (Å²) < 4.78 is 0. The van der Waals surface area contributed by atoms with E-state index in [9.17, 15) is 9.59 Å². The normalized spacial score (nSPS) is 11.2. The number of anilines is 1. The van der Waals surface area contributed by atoms with E-state index < -0.39 is 0 Å². The fraction of sp³-hybridized carbons (Fsp3) is 0.333. The maximum absolute atomic E-state index is 12.1. The first-order valence-electron chi connectivity index (χ1n) is 8.26. The molecular formula is C21H25NO2. The summed E-state index contributed by atoms with van der Waals surface area (Å²) in [5.41, 5.74) is 3.84. The van der Waals surface area contributed by atoms with Gasteiger partial charge < -0.3 is 5.32 Å². The molecule has 1 amide bonds. The number of carbonyl (C=O) groups excluding carboxylic acids is 2. The van der Waals surface area contributed by atoms with Gasteiger partial charge in [-0.3, -0.25) is 9.59 Å². The number of hydrogen-bond donors (Lipinski definition) is 1. The van der Waals surface area contributed by atoms with Crippen LogP contribution in [0.15, 0.2) is 48.5 Å². The summed E-state index contributed by atoms with van der Waals surface area (Å²) in [6.07, 6.45) is 1.11. The second-order valence-electron chi connectivity index (χ2n) is 7.13. The molecule has 0 saturated carbocycles. The van der Waals surface area contributed by atoms with Crippen LogP contribution in [0.3, 0.4) is 0 Å². The van der Waals surface area contributed by atoms with Gasteiger partial charge in [0.15, 0.2) is 5.78 Å². The van der Waals surface area contributed by atoms with E-state index in [1.54, 1.807) is 24.3 Å². The lowest BCUT2D eigenvalue weighted by Gasteiger charge is -2.19. The molecule has 24 heavy (non-hydrogen) atoms.